The van der Waals surface area contributed by atoms with Crippen molar-refractivity contribution < 1.29 is 9.84 Å². The molecule has 1 heterocycles. The van der Waals surface area contributed by atoms with Crippen molar-refractivity contribution in [3.63, 3.8) is 0 Å². The zero-order valence-corrected chi connectivity index (χ0v) is 10.0. The molecule has 0 spiro atoms. The molecular weight excluding hydrogens is 226 g/mol. The Balaban J connectivity index is 2.34. The molecule has 3 nitrogen and oxygen atoms in total. The van der Waals surface area contributed by atoms with Crippen LogP contribution in [0.2, 0.25) is 5.02 Å². The summed E-state index contributed by atoms with van der Waals surface area (Å²) in [6, 6.07) is 3.62. The third-order valence-electron chi connectivity index (χ3n) is 2.97. The van der Waals surface area contributed by atoms with Crippen molar-refractivity contribution in [3.8, 4) is 11.5 Å². The second-order valence-electron chi connectivity index (χ2n) is 4.05. The molecule has 1 aromatic carbocycles. The number of hydrogen-bond donors (Lipinski definition) is 2. The molecule has 1 atom stereocenters. The predicted molar refractivity (Wildman–Crippen MR) is 64.3 cm³/mol. The van der Waals surface area contributed by atoms with Gasteiger partial charge in [0.25, 0.3) is 0 Å². The number of phenols is 1. The summed E-state index contributed by atoms with van der Waals surface area (Å²) in [7, 11) is 1.53. The summed E-state index contributed by atoms with van der Waals surface area (Å²) in [4.78, 5) is 0. The van der Waals surface area contributed by atoms with Gasteiger partial charge in [-0.15, -0.1) is 0 Å². The molecule has 0 radical (unpaired) electrons. The minimum atomic E-state index is 0.182. The molecule has 4 heteroatoms. The van der Waals surface area contributed by atoms with Crippen molar-refractivity contribution in [1.29, 1.82) is 0 Å². The number of halogens is 1. The number of rotatable bonds is 2. The SMILES string of the molecule is COc1cc(Cl)cc(C2CCCCN2)c1O. The first kappa shape index (κ1) is 11.6. The van der Waals surface area contributed by atoms with Crippen LogP contribution in [0.15, 0.2) is 12.1 Å². The van der Waals surface area contributed by atoms with Crippen molar-refractivity contribution in [2.45, 2.75) is 25.3 Å². The molecule has 0 bridgehead atoms. The Morgan fingerprint density at radius 3 is 2.88 bits per heavy atom. The van der Waals surface area contributed by atoms with Gasteiger partial charge in [-0.25, -0.2) is 0 Å². The van der Waals surface area contributed by atoms with E-state index >= 15 is 0 Å². The molecule has 1 fully saturated rings. The van der Waals surface area contributed by atoms with Gasteiger partial charge in [-0.3, -0.25) is 0 Å². The van der Waals surface area contributed by atoms with Crippen LogP contribution in [0.5, 0.6) is 11.5 Å². The predicted octanol–water partition coefficient (Wildman–Crippen LogP) is 2.87. The number of methoxy groups -OCH3 is 1. The van der Waals surface area contributed by atoms with Crippen LogP contribution < -0.4 is 10.1 Å². The lowest BCUT2D eigenvalue weighted by Crippen LogP contribution is -2.26. The summed E-state index contributed by atoms with van der Waals surface area (Å²) in [6.07, 6.45) is 3.39. The van der Waals surface area contributed by atoms with E-state index in [0.717, 1.165) is 18.5 Å². The van der Waals surface area contributed by atoms with Gasteiger partial charge >= 0.3 is 0 Å². The molecule has 2 N–H and O–H groups in total. The van der Waals surface area contributed by atoms with Crippen molar-refractivity contribution in [1.82, 2.24) is 5.32 Å². The van der Waals surface area contributed by atoms with Crippen LogP contribution >= 0.6 is 11.6 Å². The molecule has 16 heavy (non-hydrogen) atoms. The molecule has 1 unspecified atom stereocenters. The van der Waals surface area contributed by atoms with Crippen LogP contribution in [-0.2, 0) is 0 Å². The quantitative estimate of drug-likeness (QED) is 0.837. The van der Waals surface area contributed by atoms with Gasteiger partial charge in [-0.1, -0.05) is 18.0 Å². The van der Waals surface area contributed by atoms with Crippen LogP contribution in [0.4, 0.5) is 0 Å². The fourth-order valence-corrected chi connectivity index (χ4v) is 2.35. The Morgan fingerprint density at radius 1 is 1.44 bits per heavy atom. The average Bonchev–Trinajstić information content (AvgIpc) is 2.33. The van der Waals surface area contributed by atoms with Gasteiger partial charge in [0.15, 0.2) is 11.5 Å². The maximum absolute atomic E-state index is 10.0. The van der Waals surface area contributed by atoms with Crippen LogP contribution in [0.3, 0.4) is 0 Å². The lowest BCUT2D eigenvalue weighted by molar-refractivity contribution is 0.354. The monoisotopic (exact) mass is 241 g/mol. The maximum atomic E-state index is 10.0. The fourth-order valence-electron chi connectivity index (χ4n) is 2.13. The zero-order chi connectivity index (χ0) is 11.5. The molecule has 1 aliphatic heterocycles. The molecule has 0 aromatic heterocycles. The van der Waals surface area contributed by atoms with E-state index in [4.69, 9.17) is 16.3 Å². The van der Waals surface area contributed by atoms with E-state index in [1.807, 2.05) is 6.07 Å². The van der Waals surface area contributed by atoms with Crippen LogP contribution in [0.1, 0.15) is 30.9 Å². The first-order chi connectivity index (χ1) is 7.72. The number of benzene rings is 1. The highest BCUT2D eigenvalue weighted by atomic mass is 35.5. The van der Waals surface area contributed by atoms with Gasteiger partial charge < -0.3 is 15.2 Å². The topological polar surface area (TPSA) is 41.5 Å². The second kappa shape index (κ2) is 4.93. The van der Waals surface area contributed by atoms with Gasteiger partial charge in [0.1, 0.15) is 0 Å². The van der Waals surface area contributed by atoms with Crippen LogP contribution in [0.25, 0.3) is 0 Å². The smallest absolute Gasteiger partial charge is 0.162 e. The minimum Gasteiger partial charge on any atom is -0.504 e. The van der Waals surface area contributed by atoms with Crippen molar-refractivity contribution in [3.05, 3.63) is 22.7 Å². The van der Waals surface area contributed by atoms with Crippen LogP contribution in [0, 0.1) is 0 Å². The van der Waals surface area contributed by atoms with Gasteiger partial charge in [0.2, 0.25) is 0 Å². The lowest BCUT2D eigenvalue weighted by atomic mass is 9.96. The Hall–Kier alpha value is -0.930. The fraction of sp³-hybridized carbons (Fsp3) is 0.500. The molecule has 2 rings (SSSR count). The van der Waals surface area contributed by atoms with E-state index in [1.54, 1.807) is 6.07 Å². The Bertz CT molecular complexity index is 376. The molecule has 0 saturated carbocycles. The van der Waals surface area contributed by atoms with Gasteiger partial charge in [0.05, 0.1) is 7.11 Å². The highest BCUT2D eigenvalue weighted by Gasteiger charge is 2.20. The summed E-state index contributed by atoms with van der Waals surface area (Å²) < 4.78 is 5.10. The van der Waals surface area contributed by atoms with E-state index < -0.39 is 0 Å². The Labute approximate surface area is 100 Å². The number of piperidine rings is 1. The normalized spacial score (nSPS) is 20.8. The van der Waals surface area contributed by atoms with Crippen molar-refractivity contribution in [2.75, 3.05) is 13.7 Å². The average molecular weight is 242 g/mol. The highest BCUT2D eigenvalue weighted by molar-refractivity contribution is 6.30. The molecule has 0 aliphatic carbocycles. The number of phenolic OH excluding ortho intramolecular Hbond substituents is 1. The van der Waals surface area contributed by atoms with Gasteiger partial charge in [0, 0.05) is 22.7 Å². The van der Waals surface area contributed by atoms with E-state index in [-0.39, 0.29) is 11.8 Å². The van der Waals surface area contributed by atoms with E-state index in [9.17, 15) is 5.11 Å². The summed E-state index contributed by atoms with van der Waals surface area (Å²) in [5.74, 6) is 0.640. The third-order valence-corrected chi connectivity index (χ3v) is 3.19. The highest BCUT2D eigenvalue weighted by Crippen LogP contribution is 2.38. The number of hydrogen-bond acceptors (Lipinski definition) is 3. The van der Waals surface area contributed by atoms with Gasteiger partial charge in [-0.05, 0) is 25.5 Å². The molecular formula is C12H16ClNO2. The number of nitrogens with one attached hydrogen (secondary N) is 1. The molecule has 88 valence electrons. The van der Waals surface area contributed by atoms with Crippen molar-refractivity contribution >= 4 is 11.6 Å². The van der Waals surface area contributed by atoms with E-state index in [1.165, 1.54) is 20.0 Å². The summed E-state index contributed by atoms with van der Waals surface area (Å²) >= 11 is 6.00. The lowest BCUT2D eigenvalue weighted by Gasteiger charge is -2.25. The summed E-state index contributed by atoms with van der Waals surface area (Å²) in [5.41, 5.74) is 0.837. The summed E-state index contributed by atoms with van der Waals surface area (Å²) in [6.45, 7) is 0.985. The molecule has 1 aliphatic rings. The Morgan fingerprint density at radius 2 is 2.25 bits per heavy atom. The first-order valence-electron chi connectivity index (χ1n) is 5.52. The van der Waals surface area contributed by atoms with E-state index in [2.05, 4.69) is 5.32 Å². The number of aromatic hydroxyl groups is 1. The van der Waals surface area contributed by atoms with Gasteiger partial charge in [-0.2, -0.15) is 0 Å². The molecule has 1 saturated heterocycles. The zero-order valence-electron chi connectivity index (χ0n) is 9.29. The largest absolute Gasteiger partial charge is 0.504 e. The van der Waals surface area contributed by atoms with E-state index in [0.29, 0.717) is 10.8 Å². The standard InChI is InChI=1S/C12H16ClNO2/c1-16-11-7-8(13)6-9(12(11)15)10-4-2-3-5-14-10/h6-7,10,14-15H,2-5H2,1H3. The summed E-state index contributed by atoms with van der Waals surface area (Å²) in [5, 5.41) is 14.0. The van der Waals surface area contributed by atoms with Crippen molar-refractivity contribution in [2.24, 2.45) is 0 Å². The third kappa shape index (κ3) is 2.25. The minimum absolute atomic E-state index is 0.182. The first-order valence-corrected chi connectivity index (χ1v) is 5.90. The van der Waals surface area contributed by atoms with Crippen LogP contribution in [-0.4, -0.2) is 18.8 Å². The Kier molecular flexibility index (Phi) is 3.56. The maximum Gasteiger partial charge on any atom is 0.162 e. The molecule has 1 aromatic rings. The second-order valence-corrected chi connectivity index (χ2v) is 4.48. The number of ether oxygens (including phenoxy) is 1. The molecule has 0 amide bonds.